The molecule has 3 aromatic carbocycles. The first-order chi connectivity index (χ1) is 17.3. The Morgan fingerprint density at radius 1 is 1.06 bits per heavy atom. The monoisotopic (exact) mass is 530 g/mol. The van der Waals surface area contributed by atoms with Crippen LogP contribution < -0.4 is 28.6 Å². The molecule has 9 nitrogen and oxygen atoms in total. The number of ether oxygens (including phenoxy) is 4. The van der Waals surface area contributed by atoms with Gasteiger partial charge >= 0.3 is 0 Å². The number of carbonyl (C=O) groups is 1. The van der Waals surface area contributed by atoms with E-state index in [1.807, 2.05) is 18.2 Å². The van der Waals surface area contributed by atoms with Gasteiger partial charge in [0.2, 0.25) is 0 Å². The number of amides is 1. The lowest BCUT2D eigenvalue weighted by atomic mass is 10.2. The van der Waals surface area contributed by atoms with E-state index in [0.29, 0.717) is 22.3 Å². The molecule has 36 heavy (non-hydrogen) atoms. The number of halogens is 1. The van der Waals surface area contributed by atoms with Crippen molar-refractivity contribution in [1.29, 1.82) is 0 Å². The van der Waals surface area contributed by atoms with Crippen LogP contribution in [0.2, 0.25) is 5.02 Å². The topological polar surface area (TPSA) is 103 Å². The van der Waals surface area contributed by atoms with Gasteiger partial charge in [0.05, 0.1) is 30.8 Å². The van der Waals surface area contributed by atoms with Crippen molar-refractivity contribution < 1.29 is 32.2 Å². The lowest BCUT2D eigenvalue weighted by Crippen LogP contribution is -2.52. The number of nitrogens with zero attached hydrogens (tertiary/aromatic N) is 1. The zero-order valence-corrected chi connectivity index (χ0v) is 20.8. The molecule has 1 N–H and O–H groups in total. The number of sulfonamides is 1. The number of hydrogen-bond donors (Lipinski definition) is 1. The molecule has 188 valence electrons. The summed E-state index contributed by atoms with van der Waals surface area (Å²) < 4.78 is 50.8. The summed E-state index contributed by atoms with van der Waals surface area (Å²) in [5.74, 6) is 1.51. The van der Waals surface area contributed by atoms with Crippen molar-refractivity contribution in [3.63, 3.8) is 0 Å². The van der Waals surface area contributed by atoms with Crippen molar-refractivity contribution in [3.8, 4) is 23.0 Å². The van der Waals surface area contributed by atoms with Crippen molar-refractivity contribution in [1.82, 2.24) is 5.32 Å². The second-order valence-electron chi connectivity index (χ2n) is 8.17. The molecule has 2 aliphatic heterocycles. The van der Waals surface area contributed by atoms with Crippen LogP contribution in [0.3, 0.4) is 0 Å². The maximum Gasteiger partial charge on any atom is 0.264 e. The molecule has 11 heteroatoms. The average molecular weight is 531 g/mol. The van der Waals surface area contributed by atoms with Crippen molar-refractivity contribution >= 4 is 33.2 Å². The first-order valence-corrected chi connectivity index (χ1v) is 13.0. The molecule has 2 atom stereocenters. The number of benzene rings is 3. The summed E-state index contributed by atoms with van der Waals surface area (Å²) in [6.07, 6.45) is -1.50. The smallest absolute Gasteiger partial charge is 0.264 e. The van der Waals surface area contributed by atoms with Crippen LogP contribution in [0.25, 0.3) is 0 Å². The largest absolute Gasteiger partial charge is 0.497 e. The molecule has 2 aliphatic rings. The van der Waals surface area contributed by atoms with Crippen LogP contribution in [-0.2, 0) is 14.8 Å². The Labute approximate surface area is 213 Å². The molecule has 0 saturated carbocycles. The van der Waals surface area contributed by atoms with E-state index in [9.17, 15) is 13.2 Å². The second kappa shape index (κ2) is 9.79. The van der Waals surface area contributed by atoms with Crippen LogP contribution in [0, 0.1) is 0 Å². The van der Waals surface area contributed by atoms with Crippen LogP contribution in [-0.4, -0.2) is 53.3 Å². The molecule has 1 amide bonds. The van der Waals surface area contributed by atoms with Crippen molar-refractivity contribution in [2.24, 2.45) is 0 Å². The summed E-state index contributed by atoms with van der Waals surface area (Å²) >= 11 is 6.15. The molecule has 0 saturated heterocycles. The van der Waals surface area contributed by atoms with Gasteiger partial charge in [-0.3, -0.25) is 9.10 Å². The van der Waals surface area contributed by atoms with Gasteiger partial charge in [-0.1, -0.05) is 23.7 Å². The van der Waals surface area contributed by atoms with E-state index in [4.69, 9.17) is 30.5 Å². The minimum atomic E-state index is -4.04. The van der Waals surface area contributed by atoms with Gasteiger partial charge in [0.1, 0.15) is 24.2 Å². The van der Waals surface area contributed by atoms with E-state index in [1.54, 1.807) is 30.3 Å². The number of anilines is 1. The standard InChI is InChI=1S/C25H23ClN2O7S/c1-32-17-7-9-19(10-8-17)36(30,31)28-14-24(35-21-11-6-16(26)12-20(21)28)25(29)27-13-18-15-33-22-4-2-3-5-23(22)34-18/h2-12,18,24H,13-15H2,1H3,(H,27,29)/t18-,24+/m0/s1. The molecule has 0 fully saturated rings. The molecule has 0 aliphatic carbocycles. The normalized spacial score (nSPS) is 18.6. The van der Waals surface area contributed by atoms with E-state index in [1.165, 1.54) is 25.3 Å². The van der Waals surface area contributed by atoms with E-state index in [-0.39, 0.29) is 36.0 Å². The zero-order valence-electron chi connectivity index (χ0n) is 19.2. The Hall–Kier alpha value is -3.63. The van der Waals surface area contributed by atoms with Gasteiger partial charge in [0.15, 0.2) is 17.6 Å². The number of fused-ring (bicyclic) bond motifs is 2. The van der Waals surface area contributed by atoms with Crippen LogP contribution >= 0.6 is 11.6 Å². The highest BCUT2D eigenvalue weighted by Crippen LogP contribution is 2.39. The quantitative estimate of drug-likeness (QED) is 0.521. The van der Waals surface area contributed by atoms with E-state index < -0.39 is 28.1 Å². The van der Waals surface area contributed by atoms with Crippen molar-refractivity contribution in [3.05, 3.63) is 71.8 Å². The Kier molecular flexibility index (Phi) is 6.55. The molecular formula is C25H23ClN2O7S. The molecule has 0 aromatic heterocycles. The Bertz CT molecular complexity index is 1380. The summed E-state index contributed by atoms with van der Waals surface area (Å²) in [5.41, 5.74) is 0.253. The summed E-state index contributed by atoms with van der Waals surface area (Å²) in [6, 6.07) is 17.9. The SMILES string of the molecule is COc1ccc(S(=O)(=O)N2C[C@H](C(=O)NC[C@H]3COc4ccccc4O3)Oc3ccc(Cl)cc32)cc1. The predicted octanol–water partition coefficient (Wildman–Crippen LogP) is 3.26. The number of para-hydroxylation sites is 2. The summed E-state index contributed by atoms with van der Waals surface area (Å²) in [7, 11) is -2.54. The van der Waals surface area contributed by atoms with E-state index in [0.717, 1.165) is 4.31 Å². The molecule has 5 rings (SSSR count). The number of rotatable bonds is 6. The highest BCUT2D eigenvalue weighted by molar-refractivity contribution is 7.92. The number of hydrogen-bond acceptors (Lipinski definition) is 7. The van der Waals surface area contributed by atoms with E-state index >= 15 is 0 Å². The van der Waals surface area contributed by atoms with Crippen LogP contribution in [0.1, 0.15) is 0 Å². The van der Waals surface area contributed by atoms with Gasteiger partial charge in [-0.15, -0.1) is 0 Å². The molecule has 0 bridgehead atoms. The number of carbonyl (C=O) groups excluding carboxylic acids is 1. The fourth-order valence-corrected chi connectivity index (χ4v) is 5.59. The molecule has 2 heterocycles. The Balaban J connectivity index is 1.34. The summed E-state index contributed by atoms with van der Waals surface area (Å²) in [6.45, 7) is 0.187. The fraction of sp³-hybridized carbons (Fsp3) is 0.240. The van der Waals surface area contributed by atoms with Gasteiger partial charge in [-0.05, 0) is 54.6 Å². The third-order valence-electron chi connectivity index (χ3n) is 5.80. The van der Waals surface area contributed by atoms with Crippen molar-refractivity contribution in [2.45, 2.75) is 17.1 Å². The third-order valence-corrected chi connectivity index (χ3v) is 7.83. The number of nitrogens with one attached hydrogen (secondary N) is 1. The maximum atomic E-state index is 13.6. The molecule has 0 radical (unpaired) electrons. The van der Waals surface area contributed by atoms with Crippen LogP contribution in [0.15, 0.2) is 71.6 Å². The maximum absolute atomic E-state index is 13.6. The Morgan fingerprint density at radius 3 is 2.56 bits per heavy atom. The third kappa shape index (κ3) is 4.74. The van der Waals surface area contributed by atoms with Gasteiger partial charge in [0.25, 0.3) is 15.9 Å². The van der Waals surface area contributed by atoms with Gasteiger partial charge in [-0.2, -0.15) is 0 Å². The Morgan fingerprint density at radius 2 is 1.81 bits per heavy atom. The van der Waals surface area contributed by atoms with Gasteiger partial charge < -0.3 is 24.3 Å². The molecule has 0 unspecified atom stereocenters. The molecule has 0 spiro atoms. The fourth-order valence-electron chi connectivity index (χ4n) is 3.96. The average Bonchev–Trinajstić information content (AvgIpc) is 2.91. The highest BCUT2D eigenvalue weighted by atomic mass is 35.5. The van der Waals surface area contributed by atoms with Crippen molar-refractivity contribution in [2.75, 3.05) is 31.1 Å². The lowest BCUT2D eigenvalue weighted by Gasteiger charge is -2.35. The number of methoxy groups -OCH3 is 1. The highest BCUT2D eigenvalue weighted by Gasteiger charge is 2.38. The first kappa shape index (κ1) is 24.1. The first-order valence-electron chi connectivity index (χ1n) is 11.1. The predicted molar refractivity (Wildman–Crippen MR) is 133 cm³/mol. The van der Waals surface area contributed by atoms with Crippen LogP contribution in [0.5, 0.6) is 23.0 Å². The van der Waals surface area contributed by atoms with Crippen LogP contribution in [0.4, 0.5) is 5.69 Å². The zero-order chi connectivity index (χ0) is 25.3. The minimum Gasteiger partial charge on any atom is -0.497 e. The van der Waals surface area contributed by atoms with Gasteiger partial charge in [-0.25, -0.2) is 8.42 Å². The second-order valence-corrected chi connectivity index (χ2v) is 10.5. The summed E-state index contributed by atoms with van der Waals surface area (Å²) in [5, 5.41) is 3.13. The summed E-state index contributed by atoms with van der Waals surface area (Å²) in [4.78, 5) is 13.1. The molecular weight excluding hydrogens is 508 g/mol. The van der Waals surface area contributed by atoms with E-state index in [2.05, 4.69) is 5.32 Å². The minimum absolute atomic E-state index is 0.0432. The lowest BCUT2D eigenvalue weighted by molar-refractivity contribution is -0.128. The van der Waals surface area contributed by atoms with Gasteiger partial charge in [0, 0.05) is 5.02 Å². The molecule has 3 aromatic rings.